The van der Waals surface area contributed by atoms with E-state index in [1.54, 1.807) is 7.11 Å². The van der Waals surface area contributed by atoms with Crippen LogP contribution >= 0.6 is 0 Å². The number of carbonyl (C=O) groups is 1. The number of methoxy groups -OCH3 is 1. The van der Waals surface area contributed by atoms with Crippen molar-refractivity contribution in [2.24, 2.45) is 13.0 Å². The van der Waals surface area contributed by atoms with Gasteiger partial charge >= 0.3 is 0 Å². The molecule has 3 heterocycles. The molecular weight excluding hydrogens is 330 g/mol. The van der Waals surface area contributed by atoms with Crippen LogP contribution in [0.2, 0.25) is 0 Å². The first kappa shape index (κ1) is 18.7. The lowest BCUT2D eigenvalue weighted by atomic mass is 10.0. The first-order valence-corrected chi connectivity index (χ1v) is 9.16. The average molecular weight is 359 g/mol. The van der Waals surface area contributed by atoms with Gasteiger partial charge < -0.3 is 14.6 Å². The molecule has 7 heteroatoms. The molecule has 1 aliphatic heterocycles. The van der Waals surface area contributed by atoms with Gasteiger partial charge in [-0.3, -0.25) is 14.4 Å². The first-order valence-electron chi connectivity index (χ1n) is 9.16. The molecule has 1 N–H and O–H groups in total. The second kappa shape index (κ2) is 8.51. The number of rotatable bonds is 7. The summed E-state index contributed by atoms with van der Waals surface area (Å²) in [5.41, 5.74) is 3.53. The molecule has 1 atom stereocenters. The number of nitrogens with one attached hydrogen (secondary N) is 1. The number of ether oxygens (including phenoxy) is 1. The van der Waals surface area contributed by atoms with Gasteiger partial charge in [0.15, 0.2) is 0 Å². The zero-order valence-electron chi connectivity index (χ0n) is 15.9. The number of nitrogens with zero attached hydrogens (tertiary/aromatic N) is 4. The highest BCUT2D eigenvalue weighted by atomic mass is 16.5. The van der Waals surface area contributed by atoms with E-state index >= 15 is 0 Å². The third kappa shape index (κ3) is 4.74. The summed E-state index contributed by atoms with van der Waals surface area (Å²) in [6.07, 6.45) is 2.64. The van der Waals surface area contributed by atoms with Gasteiger partial charge in [-0.2, -0.15) is 5.10 Å². The summed E-state index contributed by atoms with van der Waals surface area (Å²) in [4.78, 5) is 14.7. The molecule has 2 aromatic heterocycles. The smallest absolute Gasteiger partial charge is 0.220 e. The Labute approximate surface area is 154 Å². The van der Waals surface area contributed by atoms with Gasteiger partial charge in [-0.25, -0.2) is 0 Å². The Hall–Kier alpha value is -2.12. The minimum Gasteiger partial charge on any atom is -0.383 e. The summed E-state index contributed by atoms with van der Waals surface area (Å²) in [5.74, 6) is 0.375. The predicted molar refractivity (Wildman–Crippen MR) is 99.5 cm³/mol. The second-order valence-electron chi connectivity index (χ2n) is 7.14. The zero-order chi connectivity index (χ0) is 18.5. The van der Waals surface area contributed by atoms with E-state index in [4.69, 9.17) is 4.74 Å². The van der Waals surface area contributed by atoms with Crippen LogP contribution in [0.4, 0.5) is 0 Å². The van der Waals surface area contributed by atoms with Gasteiger partial charge in [0.05, 0.1) is 18.0 Å². The van der Waals surface area contributed by atoms with E-state index in [2.05, 4.69) is 44.3 Å². The fourth-order valence-corrected chi connectivity index (χ4v) is 3.68. The van der Waals surface area contributed by atoms with Crippen molar-refractivity contribution < 1.29 is 9.53 Å². The number of aromatic nitrogens is 3. The van der Waals surface area contributed by atoms with Crippen molar-refractivity contribution in [1.29, 1.82) is 0 Å². The van der Waals surface area contributed by atoms with E-state index in [0.29, 0.717) is 19.6 Å². The minimum absolute atomic E-state index is 0.0963. The number of aryl methyl sites for hydroxylation is 2. The standard InChI is InChI=1S/C19H29N5O2/c1-15-9-18(22(2)21-15)14-23-11-16(10-19(25)20-6-8-26-3)12-24-7-4-5-17(24)13-23/h4-5,7,9,16H,6,8,10-14H2,1-3H3,(H,20,25)/t16-/m1/s1. The molecule has 0 unspecified atom stereocenters. The average Bonchev–Trinajstić information content (AvgIpc) is 3.09. The Balaban J connectivity index is 1.68. The molecule has 1 aliphatic rings. The van der Waals surface area contributed by atoms with Crippen LogP contribution in [0.5, 0.6) is 0 Å². The van der Waals surface area contributed by atoms with Crippen molar-refractivity contribution in [2.75, 3.05) is 26.8 Å². The predicted octanol–water partition coefficient (Wildman–Crippen LogP) is 1.31. The Morgan fingerprint density at radius 2 is 2.27 bits per heavy atom. The highest BCUT2D eigenvalue weighted by Crippen LogP contribution is 2.21. The highest BCUT2D eigenvalue weighted by Gasteiger charge is 2.24. The molecule has 0 bridgehead atoms. The van der Waals surface area contributed by atoms with Crippen molar-refractivity contribution >= 4 is 5.91 Å². The van der Waals surface area contributed by atoms with Crippen molar-refractivity contribution in [3.8, 4) is 0 Å². The van der Waals surface area contributed by atoms with Crippen LogP contribution in [-0.2, 0) is 36.2 Å². The number of hydrogen-bond donors (Lipinski definition) is 1. The summed E-state index contributed by atoms with van der Waals surface area (Å²) in [6.45, 7) is 6.62. The molecule has 142 valence electrons. The van der Waals surface area contributed by atoms with Crippen LogP contribution in [-0.4, -0.2) is 52.0 Å². The van der Waals surface area contributed by atoms with Gasteiger partial charge in [-0.05, 0) is 31.0 Å². The third-order valence-electron chi connectivity index (χ3n) is 4.87. The van der Waals surface area contributed by atoms with Crippen LogP contribution in [0.15, 0.2) is 24.4 Å². The SMILES string of the molecule is COCCNC(=O)C[C@@H]1CN(Cc2cc(C)nn2C)Cc2cccn2C1. The molecule has 0 spiro atoms. The van der Waals surface area contributed by atoms with E-state index < -0.39 is 0 Å². The maximum Gasteiger partial charge on any atom is 0.220 e. The topological polar surface area (TPSA) is 64.3 Å². The Kier molecular flexibility index (Phi) is 6.11. The Morgan fingerprint density at radius 1 is 1.42 bits per heavy atom. The van der Waals surface area contributed by atoms with Crippen molar-refractivity contribution in [3.05, 3.63) is 41.5 Å². The Bertz CT molecular complexity index is 736. The maximum absolute atomic E-state index is 12.3. The van der Waals surface area contributed by atoms with E-state index in [1.807, 2.05) is 18.7 Å². The molecule has 0 radical (unpaired) electrons. The van der Waals surface area contributed by atoms with Crippen LogP contribution in [0.3, 0.4) is 0 Å². The summed E-state index contributed by atoms with van der Waals surface area (Å²) >= 11 is 0. The van der Waals surface area contributed by atoms with Gasteiger partial charge in [0.25, 0.3) is 0 Å². The highest BCUT2D eigenvalue weighted by molar-refractivity contribution is 5.76. The molecule has 0 saturated carbocycles. The van der Waals surface area contributed by atoms with E-state index in [-0.39, 0.29) is 11.8 Å². The quantitative estimate of drug-likeness (QED) is 0.757. The van der Waals surface area contributed by atoms with Gasteiger partial charge in [-0.1, -0.05) is 0 Å². The molecule has 1 amide bonds. The second-order valence-corrected chi connectivity index (χ2v) is 7.14. The number of carbonyl (C=O) groups excluding carboxylic acids is 1. The summed E-state index contributed by atoms with van der Waals surface area (Å²) in [5, 5.41) is 7.39. The molecule has 3 rings (SSSR count). The lowest BCUT2D eigenvalue weighted by Gasteiger charge is -2.23. The molecule has 0 saturated heterocycles. The summed E-state index contributed by atoms with van der Waals surface area (Å²) < 4.78 is 9.23. The van der Waals surface area contributed by atoms with Crippen LogP contribution in [0.25, 0.3) is 0 Å². The lowest BCUT2D eigenvalue weighted by Crippen LogP contribution is -2.33. The van der Waals surface area contributed by atoms with E-state index in [9.17, 15) is 4.79 Å². The van der Waals surface area contributed by atoms with Gasteiger partial charge in [-0.15, -0.1) is 0 Å². The summed E-state index contributed by atoms with van der Waals surface area (Å²) in [6, 6.07) is 6.39. The molecule has 7 nitrogen and oxygen atoms in total. The first-order chi connectivity index (χ1) is 12.5. The largest absolute Gasteiger partial charge is 0.383 e. The van der Waals surface area contributed by atoms with Crippen molar-refractivity contribution in [2.45, 2.75) is 33.0 Å². The van der Waals surface area contributed by atoms with Crippen LogP contribution in [0, 0.1) is 12.8 Å². The molecule has 0 fully saturated rings. The van der Waals surface area contributed by atoms with E-state index in [0.717, 1.165) is 31.9 Å². The lowest BCUT2D eigenvalue weighted by molar-refractivity contribution is -0.122. The van der Waals surface area contributed by atoms with Gasteiger partial charge in [0.2, 0.25) is 5.91 Å². The molecular formula is C19H29N5O2. The zero-order valence-corrected chi connectivity index (χ0v) is 15.9. The van der Waals surface area contributed by atoms with Gasteiger partial charge in [0.1, 0.15) is 0 Å². The van der Waals surface area contributed by atoms with Crippen molar-refractivity contribution in [1.82, 2.24) is 24.6 Å². The third-order valence-corrected chi connectivity index (χ3v) is 4.87. The molecule has 0 aliphatic carbocycles. The molecule has 0 aromatic carbocycles. The molecule has 2 aromatic rings. The number of fused-ring (bicyclic) bond motifs is 1. The van der Waals surface area contributed by atoms with Gasteiger partial charge in [0, 0.05) is 65.2 Å². The van der Waals surface area contributed by atoms with Crippen LogP contribution < -0.4 is 5.32 Å². The fraction of sp³-hybridized carbons (Fsp3) is 0.579. The number of hydrogen-bond acceptors (Lipinski definition) is 4. The fourth-order valence-electron chi connectivity index (χ4n) is 3.68. The minimum atomic E-state index is 0.0963. The number of amides is 1. The van der Waals surface area contributed by atoms with Crippen LogP contribution in [0.1, 0.15) is 23.5 Å². The monoisotopic (exact) mass is 359 g/mol. The summed E-state index contributed by atoms with van der Waals surface area (Å²) in [7, 11) is 3.63. The maximum atomic E-state index is 12.3. The van der Waals surface area contributed by atoms with E-state index in [1.165, 1.54) is 11.4 Å². The molecule has 26 heavy (non-hydrogen) atoms. The van der Waals surface area contributed by atoms with Crippen molar-refractivity contribution in [3.63, 3.8) is 0 Å². The normalized spacial score (nSPS) is 17.7. The Morgan fingerprint density at radius 3 is 3.00 bits per heavy atom.